The quantitative estimate of drug-likeness (QED) is 0.875. The maximum Gasteiger partial charge on any atom is 0.258 e. The SMILES string of the molecule is Cc1cc(C(=O)N2CC(=O)Nc3ccccc3C2)c(C)o1. The summed E-state index contributed by atoms with van der Waals surface area (Å²) in [6.07, 6.45) is 0. The van der Waals surface area contributed by atoms with E-state index in [4.69, 9.17) is 4.42 Å². The lowest BCUT2D eigenvalue weighted by molar-refractivity contribution is -0.116. The topological polar surface area (TPSA) is 62.6 Å². The molecule has 3 rings (SSSR count). The summed E-state index contributed by atoms with van der Waals surface area (Å²) in [6.45, 7) is 3.99. The van der Waals surface area contributed by atoms with E-state index < -0.39 is 0 Å². The van der Waals surface area contributed by atoms with Crippen LogP contribution in [0.3, 0.4) is 0 Å². The van der Waals surface area contributed by atoms with Crippen LogP contribution in [0.2, 0.25) is 0 Å². The van der Waals surface area contributed by atoms with Crippen LogP contribution in [0.4, 0.5) is 5.69 Å². The average molecular weight is 284 g/mol. The highest BCUT2D eigenvalue weighted by molar-refractivity contribution is 6.01. The highest BCUT2D eigenvalue weighted by atomic mass is 16.3. The lowest BCUT2D eigenvalue weighted by Crippen LogP contribution is -2.35. The molecule has 108 valence electrons. The van der Waals surface area contributed by atoms with Crippen LogP contribution in [-0.4, -0.2) is 23.3 Å². The number of furan rings is 1. The summed E-state index contributed by atoms with van der Waals surface area (Å²) in [7, 11) is 0. The number of carbonyl (C=O) groups is 2. The summed E-state index contributed by atoms with van der Waals surface area (Å²) in [5.74, 6) is 0.897. The molecule has 2 amide bonds. The molecule has 0 spiro atoms. The van der Waals surface area contributed by atoms with Crippen molar-refractivity contribution in [2.45, 2.75) is 20.4 Å². The standard InChI is InChI=1S/C16H16N2O3/c1-10-7-13(11(2)21-10)16(20)18-8-12-5-3-4-6-14(12)17-15(19)9-18/h3-7H,8-9H2,1-2H3,(H,17,19). The molecule has 0 radical (unpaired) electrons. The van der Waals surface area contributed by atoms with E-state index in [1.165, 1.54) is 0 Å². The summed E-state index contributed by atoms with van der Waals surface area (Å²) in [4.78, 5) is 26.1. The van der Waals surface area contributed by atoms with Gasteiger partial charge in [-0.3, -0.25) is 9.59 Å². The Morgan fingerprint density at radius 2 is 2.00 bits per heavy atom. The largest absolute Gasteiger partial charge is 0.466 e. The molecule has 0 bridgehead atoms. The Balaban J connectivity index is 1.94. The van der Waals surface area contributed by atoms with Crippen LogP contribution >= 0.6 is 0 Å². The number of para-hydroxylation sites is 1. The Bertz CT molecular complexity index is 718. The molecule has 5 heteroatoms. The number of fused-ring (bicyclic) bond motifs is 1. The van der Waals surface area contributed by atoms with Gasteiger partial charge in [0.15, 0.2) is 0 Å². The number of rotatable bonds is 1. The molecule has 1 aliphatic heterocycles. The van der Waals surface area contributed by atoms with Gasteiger partial charge in [-0.15, -0.1) is 0 Å². The van der Waals surface area contributed by atoms with Gasteiger partial charge in [-0.05, 0) is 31.5 Å². The minimum Gasteiger partial charge on any atom is -0.466 e. The maximum absolute atomic E-state index is 12.6. The Hall–Kier alpha value is -2.56. The van der Waals surface area contributed by atoms with Crippen molar-refractivity contribution in [1.82, 2.24) is 4.90 Å². The molecule has 1 aromatic carbocycles. The number of nitrogens with one attached hydrogen (secondary N) is 1. The molecule has 0 saturated carbocycles. The number of hydrogen-bond acceptors (Lipinski definition) is 3. The lowest BCUT2D eigenvalue weighted by atomic mass is 10.1. The Morgan fingerprint density at radius 1 is 1.24 bits per heavy atom. The van der Waals surface area contributed by atoms with E-state index in [9.17, 15) is 9.59 Å². The van der Waals surface area contributed by atoms with E-state index in [1.807, 2.05) is 24.3 Å². The van der Waals surface area contributed by atoms with Crippen molar-refractivity contribution in [3.05, 3.63) is 53.0 Å². The monoisotopic (exact) mass is 284 g/mol. The first-order valence-electron chi connectivity index (χ1n) is 6.78. The fourth-order valence-corrected chi connectivity index (χ4v) is 2.56. The molecule has 2 aromatic rings. The van der Waals surface area contributed by atoms with Crippen LogP contribution in [0, 0.1) is 13.8 Å². The zero-order valence-electron chi connectivity index (χ0n) is 12.0. The molecule has 0 saturated heterocycles. The number of anilines is 1. The van der Waals surface area contributed by atoms with E-state index in [2.05, 4.69) is 5.32 Å². The van der Waals surface area contributed by atoms with Gasteiger partial charge in [0.2, 0.25) is 5.91 Å². The van der Waals surface area contributed by atoms with Crippen LogP contribution in [0.1, 0.15) is 27.4 Å². The molecule has 1 N–H and O–H groups in total. The molecule has 0 aliphatic carbocycles. The number of benzene rings is 1. The molecule has 1 aliphatic rings. The fourth-order valence-electron chi connectivity index (χ4n) is 2.56. The van der Waals surface area contributed by atoms with Crippen LogP contribution in [0.5, 0.6) is 0 Å². The molecule has 0 unspecified atom stereocenters. The van der Waals surface area contributed by atoms with E-state index in [-0.39, 0.29) is 18.4 Å². The van der Waals surface area contributed by atoms with Gasteiger partial charge in [0.05, 0.1) is 5.56 Å². The maximum atomic E-state index is 12.6. The Kier molecular flexibility index (Phi) is 3.25. The predicted octanol–water partition coefficient (Wildman–Crippen LogP) is 2.49. The van der Waals surface area contributed by atoms with Crippen LogP contribution < -0.4 is 5.32 Å². The summed E-state index contributed by atoms with van der Waals surface area (Å²) < 4.78 is 5.41. The highest BCUT2D eigenvalue weighted by Crippen LogP contribution is 2.23. The second-order valence-electron chi connectivity index (χ2n) is 5.19. The first-order chi connectivity index (χ1) is 10.0. The fraction of sp³-hybridized carbons (Fsp3) is 0.250. The summed E-state index contributed by atoms with van der Waals surface area (Å²) in [5, 5.41) is 2.82. The van der Waals surface area contributed by atoms with Crippen molar-refractivity contribution in [2.75, 3.05) is 11.9 Å². The summed E-state index contributed by atoms with van der Waals surface area (Å²) >= 11 is 0. The first-order valence-corrected chi connectivity index (χ1v) is 6.78. The van der Waals surface area contributed by atoms with Gasteiger partial charge in [-0.1, -0.05) is 18.2 Å². The smallest absolute Gasteiger partial charge is 0.258 e. The molecule has 0 atom stereocenters. The number of aryl methyl sites for hydroxylation is 2. The third-order valence-electron chi connectivity index (χ3n) is 3.55. The number of hydrogen-bond donors (Lipinski definition) is 1. The van der Waals surface area contributed by atoms with Gasteiger partial charge >= 0.3 is 0 Å². The van der Waals surface area contributed by atoms with Crippen LogP contribution in [0.15, 0.2) is 34.7 Å². The summed E-state index contributed by atoms with van der Waals surface area (Å²) in [5.41, 5.74) is 2.20. The highest BCUT2D eigenvalue weighted by Gasteiger charge is 2.26. The third-order valence-corrected chi connectivity index (χ3v) is 3.55. The van der Waals surface area contributed by atoms with E-state index in [1.54, 1.807) is 24.8 Å². The van der Waals surface area contributed by atoms with Gasteiger partial charge in [-0.25, -0.2) is 0 Å². The minimum atomic E-state index is -0.189. The van der Waals surface area contributed by atoms with Crippen molar-refractivity contribution in [3.8, 4) is 0 Å². The predicted molar refractivity (Wildman–Crippen MR) is 78.0 cm³/mol. The van der Waals surface area contributed by atoms with Crippen LogP contribution in [0.25, 0.3) is 0 Å². The molecular formula is C16H16N2O3. The zero-order chi connectivity index (χ0) is 15.0. The van der Waals surface area contributed by atoms with Gasteiger partial charge in [0.25, 0.3) is 5.91 Å². The van der Waals surface area contributed by atoms with Crippen molar-refractivity contribution in [3.63, 3.8) is 0 Å². The molecule has 21 heavy (non-hydrogen) atoms. The average Bonchev–Trinajstić information content (AvgIpc) is 2.68. The van der Waals surface area contributed by atoms with E-state index >= 15 is 0 Å². The Labute approximate surface area is 122 Å². The van der Waals surface area contributed by atoms with Crippen molar-refractivity contribution in [1.29, 1.82) is 0 Å². The number of amides is 2. The third kappa shape index (κ3) is 2.54. The van der Waals surface area contributed by atoms with Gasteiger partial charge < -0.3 is 14.6 Å². The number of nitrogens with zero attached hydrogens (tertiary/aromatic N) is 1. The minimum absolute atomic E-state index is 0.0389. The van der Waals surface area contributed by atoms with Gasteiger partial charge in [0.1, 0.15) is 18.1 Å². The van der Waals surface area contributed by atoms with Crippen molar-refractivity contribution < 1.29 is 14.0 Å². The van der Waals surface area contributed by atoms with Crippen molar-refractivity contribution in [2.24, 2.45) is 0 Å². The second-order valence-corrected chi connectivity index (χ2v) is 5.19. The first kappa shape index (κ1) is 13.4. The summed E-state index contributed by atoms with van der Waals surface area (Å²) in [6, 6.07) is 9.22. The van der Waals surface area contributed by atoms with Gasteiger partial charge in [0, 0.05) is 12.2 Å². The zero-order valence-corrected chi connectivity index (χ0v) is 12.0. The number of carbonyl (C=O) groups excluding carboxylic acids is 2. The Morgan fingerprint density at radius 3 is 2.71 bits per heavy atom. The molecular weight excluding hydrogens is 268 g/mol. The normalized spacial score (nSPS) is 14.4. The molecule has 1 aromatic heterocycles. The lowest BCUT2D eigenvalue weighted by Gasteiger charge is -2.19. The van der Waals surface area contributed by atoms with E-state index in [0.717, 1.165) is 11.3 Å². The van der Waals surface area contributed by atoms with Gasteiger partial charge in [-0.2, -0.15) is 0 Å². The van der Waals surface area contributed by atoms with Crippen LogP contribution in [-0.2, 0) is 11.3 Å². The van der Waals surface area contributed by atoms with Crippen molar-refractivity contribution >= 4 is 17.5 Å². The second kappa shape index (κ2) is 5.09. The molecule has 0 fully saturated rings. The molecule has 5 nitrogen and oxygen atoms in total. The van der Waals surface area contributed by atoms with E-state index in [0.29, 0.717) is 23.6 Å². The molecule has 2 heterocycles.